The number of aromatic nitrogens is 2. The zero-order valence-electron chi connectivity index (χ0n) is 15.6. The summed E-state index contributed by atoms with van der Waals surface area (Å²) < 4.78 is 1.52. The number of halogens is 1. The van der Waals surface area contributed by atoms with Gasteiger partial charge < -0.3 is 5.32 Å². The number of benzene rings is 2. The van der Waals surface area contributed by atoms with Crippen LogP contribution in [0.5, 0.6) is 0 Å². The lowest BCUT2D eigenvalue weighted by molar-refractivity contribution is 1.03. The molecule has 0 spiro atoms. The number of rotatable bonds is 5. The van der Waals surface area contributed by atoms with Gasteiger partial charge in [0.2, 0.25) is 0 Å². The topological polar surface area (TPSA) is 70.8 Å². The number of hydrazone groups is 1. The minimum atomic E-state index is -0.221. The van der Waals surface area contributed by atoms with Crippen LogP contribution in [-0.4, -0.2) is 15.6 Å². The zero-order valence-corrected chi connectivity index (χ0v) is 16.4. The van der Waals surface area contributed by atoms with E-state index >= 15 is 0 Å². The lowest BCUT2D eigenvalue weighted by Gasteiger charge is -2.12. The van der Waals surface area contributed by atoms with Gasteiger partial charge in [-0.05, 0) is 48.9 Å². The molecule has 0 fully saturated rings. The second kappa shape index (κ2) is 8.16. The third kappa shape index (κ3) is 4.12. The maximum absolute atomic E-state index is 13.1. The highest BCUT2D eigenvalue weighted by molar-refractivity contribution is 6.30. The molecule has 2 aromatic carbocycles. The summed E-state index contributed by atoms with van der Waals surface area (Å²) in [6.45, 7) is 1.91. The van der Waals surface area contributed by atoms with Crippen LogP contribution in [0.25, 0.3) is 5.65 Å². The molecule has 0 amide bonds. The fraction of sp³-hybridized carbons (Fsp3) is 0.0455. The number of nitrogens with one attached hydrogen (secondary N) is 2. The van der Waals surface area contributed by atoms with Crippen molar-refractivity contribution in [1.29, 1.82) is 0 Å². The number of para-hydroxylation sites is 1. The molecule has 0 atom stereocenters. The minimum absolute atomic E-state index is 0.221. The van der Waals surface area contributed by atoms with E-state index in [0.717, 1.165) is 16.9 Å². The summed E-state index contributed by atoms with van der Waals surface area (Å²) in [5.74, 6) is 0.408. The average molecular weight is 404 g/mol. The molecule has 29 heavy (non-hydrogen) atoms. The molecule has 144 valence electrons. The van der Waals surface area contributed by atoms with Crippen LogP contribution in [0.3, 0.4) is 0 Å². The van der Waals surface area contributed by atoms with E-state index in [9.17, 15) is 4.79 Å². The minimum Gasteiger partial charge on any atom is -0.339 e. The average Bonchev–Trinajstić information content (AvgIpc) is 2.72. The van der Waals surface area contributed by atoms with Gasteiger partial charge in [-0.15, -0.1) is 0 Å². The normalized spacial score (nSPS) is 11.1. The smallest absolute Gasteiger partial charge is 0.268 e. The third-order valence-corrected chi connectivity index (χ3v) is 4.57. The van der Waals surface area contributed by atoms with Gasteiger partial charge in [0.25, 0.3) is 5.56 Å². The van der Waals surface area contributed by atoms with Crippen molar-refractivity contribution in [2.45, 2.75) is 6.92 Å². The van der Waals surface area contributed by atoms with Crippen LogP contribution in [0.1, 0.15) is 11.1 Å². The fourth-order valence-corrected chi connectivity index (χ4v) is 3.10. The molecule has 2 aromatic heterocycles. The molecule has 4 rings (SSSR count). The van der Waals surface area contributed by atoms with Crippen molar-refractivity contribution in [1.82, 2.24) is 9.38 Å². The van der Waals surface area contributed by atoms with E-state index in [4.69, 9.17) is 11.6 Å². The van der Waals surface area contributed by atoms with Gasteiger partial charge >= 0.3 is 0 Å². The summed E-state index contributed by atoms with van der Waals surface area (Å²) in [5, 5.41) is 8.01. The lowest BCUT2D eigenvalue weighted by Crippen LogP contribution is -2.22. The predicted octanol–water partition coefficient (Wildman–Crippen LogP) is 4.85. The van der Waals surface area contributed by atoms with E-state index in [-0.39, 0.29) is 5.56 Å². The van der Waals surface area contributed by atoms with Gasteiger partial charge in [0, 0.05) is 16.9 Å². The second-order valence-electron chi connectivity index (χ2n) is 6.44. The van der Waals surface area contributed by atoms with Crippen molar-refractivity contribution >= 4 is 40.7 Å². The standard InChI is InChI=1S/C22H18ClN5O/c1-15-7-6-12-28-21(15)26-20(25-18-11-5-8-16(23)13-18)19(22(28)29)14-24-27-17-9-3-2-4-10-17/h2-14,25,27H,1H3. The first-order valence-corrected chi connectivity index (χ1v) is 9.38. The van der Waals surface area contributed by atoms with Crippen LogP contribution in [0.2, 0.25) is 5.02 Å². The van der Waals surface area contributed by atoms with Gasteiger partial charge in [-0.3, -0.25) is 14.6 Å². The number of nitrogens with zero attached hydrogens (tertiary/aromatic N) is 3. The Balaban J connectivity index is 1.79. The molecule has 0 aliphatic carbocycles. The van der Waals surface area contributed by atoms with Gasteiger partial charge in [-0.2, -0.15) is 5.10 Å². The molecule has 4 aromatic rings. The fourth-order valence-electron chi connectivity index (χ4n) is 2.91. The van der Waals surface area contributed by atoms with Crippen LogP contribution >= 0.6 is 11.6 Å². The van der Waals surface area contributed by atoms with E-state index in [1.54, 1.807) is 18.3 Å². The van der Waals surface area contributed by atoms with Crippen LogP contribution in [0.15, 0.2) is 82.8 Å². The van der Waals surface area contributed by atoms with Gasteiger partial charge in [-0.1, -0.05) is 41.9 Å². The number of hydrogen-bond donors (Lipinski definition) is 2. The summed E-state index contributed by atoms with van der Waals surface area (Å²) in [6, 6.07) is 20.5. The van der Waals surface area contributed by atoms with Crippen LogP contribution in [0.4, 0.5) is 17.2 Å². The highest BCUT2D eigenvalue weighted by atomic mass is 35.5. The summed E-state index contributed by atoms with van der Waals surface area (Å²) in [6.07, 6.45) is 3.17. The molecule has 0 aliphatic heterocycles. The summed E-state index contributed by atoms with van der Waals surface area (Å²) >= 11 is 6.09. The van der Waals surface area contributed by atoms with E-state index in [0.29, 0.717) is 22.1 Å². The van der Waals surface area contributed by atoms with Crippen molar-refractivity contribution in [2.75, 3.05) is 10.7 Å². The first kappa shape index (κ1) is 18.7. The SMILES string of the molecule is Cc1cccn2c(=O)c(C=NNc3ccccc3)c(Nc3cccc(Cl)c3)nc12. The Bertz CT molecular complexity index is 1250. The molecule has 0 saturated heterocycles. The molecule has 0 aliphatic rings. The van der Waals surface area contributed by atoms with Crippen LogP contribution < -0.4 is 16.3 Å². The van der Waals surface area contributed by atoms with Crippen molar-refractivity contribution in [3.05, 3.63) is 99.4 Å². The molecule has 0 saturated carbocycles. The first-order valence-electron chi connectivity index (χ1n) is 9.00. The Kier molecular flexibility index (Phi) is 5.27. The number of aryl methyl sites for hydroxylation is 1. The van der Waals surface area contributed by atoms with E-state index < -0.39 is 0 Å². The molecular weight excluding hydrogens is 386 g/mol. The molecular formula is C22H18ClN5O. The van der Waals surface area contributed by atoms with Crippen molar-refractivity contribution in [2.24, 2.45) is 5.10 Å². The molecule has 6 nitrogen and oxygen atoms in total. The van der Waals surface area contributed by atoms with Crippen molar-refractivity contribution in [3.8, 4) is 0 Å². The van der Waals surface area contributed by atoms with E-state index in [1.807, 2.05) is 61.5 Å². The van der Waals surface area contributed by atoms with Gasteiger partial charge in [-0.25, -0.2) is 4.98 Å². The Morgan fingerprint density at radius 1 is 1.03 bits per heavy atom. The summed E-state index contributed by atoms with van der Waals surface area (Å²) in [4.78, 5) is 17.8. The largest absolute Gasteiger partial charge is 0.339 e. The van der Waals surface area contributed by atoms with E-state index in [1.165, 1.54) is 10.6 Å². The Morgan fingerprint density at radius 2 is 1.83 bits per heavy atom. The number of fused-ring (bicyclic) bond motifs is 1. The highest BCUT2D eigenvalue weighted by Crippen LogP contribution is 2.21. The van der Waals surface area contributed by atoms with Gasteiger partial charge in [0.15, 0.2) is 0 Å². The summed E-state index contributed by atoms with van der Waals surface area (Å²) in [7, 11) is 0. The zero-order chi connectivity index (χ0) is 20.2. The molecule has 2 N–H and O–H groups in total. The van der Waals surface area contributed by atoms with Gasteiger partial charge in [0.1, 0.15) is 17.0 Å². The Labute approximate surface area is 172 Å². The maximum Gasteiger partial charge on any atom is 0.268 e. The molecule has 0 bridgehead atoms. The number of hydrogen-bond acceptors (Lipinski definition) is 5. The Morgan fingerprint density at radius 3 is 2.62 bits per heavy atom. The molecule has 7 heteroatoms. The Hall–Kier alpha value is -3.64. The van der Waals surface area contributed by atoms with Gasteiger partial charge in [0.05, 0.1) is 11.9 Å². The number of pyridine rings is 1. The predicted molar refractivity (Wildman–Crippen MR) is 119 cm³/mol. The second-order valence-corrected chi connectivity index (χ2v) is 6.87. The number of anilines is 3. The lowest BCUT2D eigenvalue weighted by atomic mass is 10.2. The van der Waals surface area contributed by atoms with Crippen LogP contribution in [-0.2, 0) is 0 Å². The molecule has 0 unspecified atom stereocenters. The van der Waals surface area contributed by atoms with E-state index in [2.05, 4.69) is 20.8 Å². The maximum atomic E-state index is 13.1. The van der Waals surface area contributed by atoms with Crippen molar-refractivity contribution in [3.63, 3.8) is 0 Å². The summed E-state index contributed by atoms with van der Waals surface area (Å²) in [5.41, 5.74) is 6.05. The highest BCUT2D eigenvalue weighted by Gasteiger charge is 2.13. The van der Waals surface area contributed by atoms with Crippen molar-refractivity contribution < 1.29 is 0 Å². The van der Waals surface area contributed by atoms with Crippen LogP contribution in [0, 0.1) is 6.92 Å². The molecule has 0 radical (unpaired) electrons. The molecule has 2 heterocycles. The quantitative estimate of drug-likeness (QED) is 0.369. The monoisotopic (exact) mass is 403 g/mol. The third-order valence-electron chi connectivity index (χ3n) is 4.33. The first-order chi connectivity index (χ1) is 14.1.